The molecule has 0 N–H and O–H groups in total. The second-order valence-corrected chi connectivity index (χ2v) is 7.79. The van der Waals surface area contributed by atoms with Gasteiger partial charge in [-0.1, -0.05) is 0 Å². The van der Waals surface area contributed by atoms with Crippen LogP contribution in [0.25, 0.3) is 0 Å². The molecule has 1 aromatic rings. The van der Waals surface area contributed by atoms with E-state index in [1.165, 1.54) is 0 Å². The van der Waals surface area contributed by atoms with Crippen LogP contribution in [0.4, 0.5) is 0 Å². The number of carbonyl (C=O) groups is 2. The molecule has 0 amide bonds. The summed E-state index contributed by atoms with van der Waals surface area (Å²) in [6, 6.07) is 3.81. The first-order valence-electron chi connectivity index (χ1n) is 6.31. The fourth-order valence-electron chi connectivity index (χ4n) is 3.71. The Morgan fingerprint density at radius 3 is 2.32 bits per heavy atom. The molecule has 5 heteroatoms. The molecular formula is C14H10I2O3. The van der Waals surface area contributed by atoms with E-state index in [1.54, 1.807) is 0 Å². The first-order chi connectivity index (χ1) is 9.08. The molecule has 0 aromatic heterocycles. The van der Waals surface area contributed by atoms with Crippen molar-refractivity contribution in [2.45, 2.75) is 25.0 Å². The van der Waals surface area contributed by atoms with Gasteiger partial charge in [0.2, 0.25) is 0 Å². The average Bonchev–Trinajstić information content (AvgIpc) is 2.95. The summed E-state index contributed by atoms with van der Waals surface area (Å²) in [6.45, 7) is 0. The summed E-state index contributed by atoms with van der Waals surface area (Å²) in [7, 11) is 0. The lowest BCUT2D eigenvalue weighted by atomic mass is 9.67. The van der Waals surface area contributed by atoms with E-state index in [9.17, 15) is 9.59 Å². The first-order valence-corrected chi connectivity index (χ1v) is 8.46. The lowest BCUT2D eigenvalue weighted by Crippen LogP contribution is -2.43. The summed E-state index contributed by atoms with van der Waals surface area (Å²) < 4.78 is 7.71. The van der Waals surface area contributed by atoms with Crippen LogP contribution in [0.3, 0.4) is 0 Å². The van der Waals surface area contributed by atoms with E-state index in [0.717, 1.165) is 20.0 Å². The fourth-order valence-corrected chi connectivity index (χ4v) is 5.82. The van der Waals surface area contributed by atoms with Gasteiger partial charge in [0, 0.05) is 18.3 Å². The third kappa shape index (κ3) is 1.64. The van der Waals surface area contributed by atoms with E-state index in [4.69, 9.17) is 4.74 Å². The molecule has 2 aliphatic heterocycles. The number of rotatable bonds is 0. The number of carbonyl (C=O) groups excluding carboxylic acids is 2. The summed E-state index contributed by atoms with van der Waals surface area (Å²) in [4.78, 5) is 25.4. The molecule has 2 bridgehead atoms. The minimum absolute atomic E-state index is 0.0323. The second kappa shape index (κ2) is 4.24. The van der Waals surface area contributed by atoms with Gasteiger partial charge in [-0.2, -0.15) is 0 Å². The zero-order valence-corrected chi connectivity index (χ0v) is 14.2. The summed E-state index contributed by atoms with van der Waals surface area (Å²) >= 11 is 4.35. The van der Waals surface area contributed by atoms with E-state index in [0.29, 0.717) is 11.1 Å². The highest BCUT2D eigenvalue weighted by Crippen LogP contribution is 2.49. The molecule has 98 valence electrons. The number of ether oxygens (including phenoxy) is 1. The van der Waals surface area contributed by atoms with Crippen LogP contribution in [0.5, 0.6) is 0 Å². The predicted molar refractivity (Wildman–Crippen MR) is 85.4 cm³/mol. The number of fused-ring (bicyclic) bond motifs is 6. The van der Waals surface area contributed by atoms with Crippen molar-refractivity contribution in [3.8, 4) is 0 Å². The third-order valence-electron chi connectivity index (χ3n) is 4.45. The molecule has 0 spiro atoms. The molecule has 2 heterocycles. The van der Waals surface area contributed by atoms with Gasteiger partial charge in [0.25, 0.3) is 0 Å². The van der Waals surface area contributed by atoms with Gasteiger partial charge in [-0.15, -0.1) is 0 Å². The van der Waals surface area contributed by atoms with E-state index in [-0.39, 0.29) is 35.6 Å². The van der Waals surface area contributed by atoms with Crippen LogP contribution in [0.1, 0.15) is 33.6 Å². The van der Waals surface area contributed by atoms with Crippen LogP contribution in [0.2, 0.25) is 0 Å². The van der Waals surface area contributed by atoms with Crippen LogP contribution in [0, 0.1) is 19.0 Å². The van der Waals surface area contributed by atoms with Gasteiger partial charge in [0.1, 0.15) is 0 Å². The van der Waals surface area contributed by atoms with Gasteiger partial charge in [-0.3, -0.25) is 9.59 Å². The standard InChI is InChI=1S/C14H10I2O3/c15-5-3-6-10(7(16)4-5)14(18)12-9-2-1-8(19-9)11(12)13(6)17/h3-4,8-9,11-12H,1-2H2. The minimum Gasteiger partial charge on any atom is -0.373 e. The quantitative estimate of drug-likeness (QED) is 0.537. The number of hydrogen-bond acceptors (Lipinski definition) is 3. The minimum atomic E-state index is -0.229. The van der Waals surface area contributed by atoms with Gasteiger partial charge in [-0.25, -0.2) is 0 Å². The van der Waals surface area contributed by atoms with Crippen LogP contribution >= 0.6 is 45.2 Å². The van der Waals surface area contributed by atoms with Gasteiger partial charge in [0.05, 0.1) is 24.0 Å². The van der Waals surface area contributed by atoms with Gasteiger partial charge in [0.15, 0.2) is 11.6 Å². The van der Waals surface area contributed by atoms with Crippen molar-refractivity contribution in [2.24, 2.45) is 11.8 Å². The molecular weight excluding hydrogens is 470 g/mol. The highest BCUT2D eigenvalue weighted by atomic mass is 127. The summed E-state index contributed by atoms with van der Waals surface area (Å²) in [5.74, 6) is -0.226. The fraction of sp³-hybridized carbons (Fsp3) is 0.429. The number of hydrogen-bond donors (Lipinski definition) is 0. The van der Waals surface area contributed by atoms with Crippen molar-refractivity contribution in [1.29, 1.82) is 0 Å². The normalized spacial score (nSPS) is 35.5. The zero-order chi connectivity index (χ0) is 13.3. The van der Waals surface area contributed by atoms with E-state index >= 15 is 0 Å². The Morgan fingerprint density at radius 1 is 1.00 bits per heavy atom. The Bertz CT molecular complexity index is 625. The molecule has 4 unspecified atom stereocenters. The average molecular weight is 480 g/mol. The largest absolute Gasteiger partial charge is 0.373 e. The number of benzene rings is 1. The number of halogens is 2. The maximum Gasteiger partial charge on any atom is 0.171 e. The van der Waals surface area contributed by atoms with Crippen LogP contribution in [-0.4, -0.2) is 23.8 Å². The SMILES string of the molecule is O=C1c2cc(I)cc(I)c2C(=O)C2C3CCC(O3)C12. The van der Waals surface area contributed by atoms with Crippen molar-refractivity contribution in [2.75, 3.05) is 0 Å². The van der Waals surface area contributed by atoms with Crippen molar-refractivity contribution in [3.63, 3.8) is 0 Å². The third-order valence-corrected chi connectivity index (χ3v) is 5.92. The van der Waals surface area contributed by atoms with Crippen molar-refractivity contribution < 1.29 is 14.3 Å². The molecule has 3 aliphatic rings. The second-order valence-electron chi connectivity index (χ2n) is 5.38. The lowest BCUT2D eigenvalue weighted by molar-refractivity contribution is 0.0715. The highest BCUT2D eigenvalue weighted by molar-refractivity contribution is 14.1. The van der Waals surface area contributed by atoms with Gasteiger partial charge >= 0.3 is 0 Å². The van der Waals surface area contributed by atoms with Crippen molar-refractivity contribution in [3.05, 3.63) is 30.4 Å². The Balaban J connectivity index is 1.94. The smallest absolute Gasteiger partial charge is 0.171 e. The molecule has 1 aliphatic carbocycles. The van der Waals surface area contributed by atoms with E-state index in [1.807, 2.05) is 12.1 Å². The molecule has 2 saturated heterocycles. The number of Topliss-reactive ketones (excluding diaryl/α,β-unsaturated/α-hetero) is 2. The van der Waals surface area contributed by atoms with E-state index < -0.39 is 0 Å². The molecule has 2 fully saturated rings. The van der Waals surface area contributed by atoms with Gasteiger partial charge < -0.3 is 4.74 Å². The molecule has 1 aromatic carbocycles. The topological polar surface area (TPSA) is 43.4 Å². The highest BCUT2D eigenvalue weighted by Gasteiger charge is 2.58. The van der Waals surface area contributed by atoms with Crippen molar-refractivity contribution >= 4 is 56.7 Å². The molecule has 19 heavy (non-hydrogen) atoms. The Kier molecular flexibility index (Phi) is 2.83. The van der Waals surface area contributed by atoms with Crippen LogP contribution in [-0.2, 0) is 4.74 Å². The lowest BCUT2D eigenvalue weighted by Gasteiger charge is -2.31. The maximum atomic E-state index is 12.7. The monoisotopic (exact) mass is 480 g/mol. The molecule has 4 rings (SSSR count). The van der Waals surface area contributed by atoms with Crippen molar-refractivity contribution in [1.82, 2.24) is 0 Å². The molecule has 3 nitrogen and oxygen atoms in total. The summed E-state index contributed by atoms with van der Waals surface area (Å²) in [5, 5.41) is 0. The summed E-state index contributed by atoms with van der Waals surface area (Å²) in [5.41, 5.74) is 1.24. The molecule has 4 atom stereocenters. The van der Waals surface area contributed by atoms with Crippen LogP contribution in [0.15, 0.2) is 12.1 Å². The zero-order valence-electron chi connectivity index (χ0n) is 9.86. The van der Waals surface area contributed by atoms with Gasteiger partial charge in [-0.05, 0) is 70.2 Å². The van der Waals surface area contributed by atoms with Crippen LogP contribution < -0.4 is 0 Å². The summed E-state index contributed by atoms with van der Waals surface area (Å²) in [6.07, 6.45) is 1.77. The first kappa shape index (κ1) is 12.7. The Hall–Kier alpha value is -0.0200. The predicted octanol–water partition coefficient (Wildman–Crippen LogP) is 3.07. The Labute approximate surface area is 137 Å². The molecule has 0 saturated carbocycles. The number of ketones is 2. The molecule has 0 radical (unpaired) electrons. The Morgan fingerprint density at radius 2 is 1.63 bits per heavy atom. The maximum absolute atomic E-state index is 12.7. The van der Waals surface area contributed by atoms with E-state index in [2.05, 4.69) is 45.2 Å².